The SMILES string of the molecule is NC(=O)Nc1cccc(NCC2CCCOC2)c1. The average Bonchev–Trinajstić information content (AvgIpc) is 2.37. The molecule has 1 atom stereocenters. The Morgan fingerprint density at radius 1 is 1.44 bits per heavy atom. The summed E-state index contributed by atoms with van der Waals surface area (Å²) in [4.78, 5) is 10.8. The first-order valence-electron chi connectivity index (χ1n) is 6.22. The van der Waals surface area contributed by atoms with Gasteiger partial charge in [-0.1, -0.05) is 6.07 Å². The zero-order valence-electron chi connectivity index (χ0n) is 10.3. The van der Waals surface area contributed by atoms with Crippen LogP contribution in [0.3, 0.4) is 0 Å². The molecule has 5 heteroatoms. The number of ether oxygens (including phenoxy) is 1. The van der Waals surface area contributed by atoms with Crippen LogP contribution in [-0.4, -0.2) is 25.8 Å². The molecule has 1 fully saturated rings. The van der Waals surface area contributed by atoms with E-state index in [2.05, 4.69) is 10.6 Å². The maximum absolute atomic E-state index is 10.8. The van der Waals surface area contributed by atoms with E-state index in [9.17, 15) is 4.79 Å². The van der Waals surface area contributed by atoms with Gasteiger partial charge in [-0.05, 0) is 37.0 Å². The Bertz CT molecular complexity index is 403. The van der Waals surface area contributed by atoms with Gasteiger partial charge in [0.05, 0.1) is 6.61 Å². The molecule has 2 rings (SSSR count). The van der Waals surface area contributed by atoms with Gasteiger partial charge in [-0.2, -0.15) is 0 Å². The number of carbonyl (C=O) groups excluding carboxylic acids is 1. The van der Waals surface area contributed by atoms with E-state index in [0.29, 0.717) is 11.6 Å². The Morgan fingerprint density at radius 3 is 3.00 bits per heavy atom. The molecule has 1 unspecified atom stereocenters. The van der Waals surface area contributed by atoms with Crippen LogP contribution in [0.15, 0.2) is 24.3 Å². The number of carbonyl (C=O) groups is 1. The normalized spacial score (nSPS) is 19.2. The summed E-state index contributed by atoms with van der Waals surface area (Å²) in [7, 11) is 0. The number of nitrogens with two attached hydrogens (primary N) is 1. The summed E-state index contributed by atoms with van der Waals surface area (Å²) in [6.07, 6.45) is 2.34. The molecule has 4 N–H and O–H groups in total. The molecular formula is C13H19N3O2. The molecule has 1 aliphatic heterocycles. The zero-order valence-corrected chi connectivity index (χ0v) is 10.3. The van der Waals surface area contributed by atoms with Crippen molar-refractivity contribution in [2.24, 2.45) is 11.7 Å². The molecule has 0 saturated carbocycles. The van der Waals surface area contributed by atoms with Gasteiger partial charge in [-0.3, -0.25) is 0 Å². The fraction of sp³-hybridized carbons (Fsp3) is 0.462. The van der Waals surface area contributed by atoms with E-state index >= 15 is 0 Å². The number of primary amides is 1. The van der Waals surface area contributed by atoms with Crippen molar-refractivity contribution < 1.29 is 9.53 Å². The van der Waals surface area contributed by atoms with Crippen LogP contribution in [0.25, 0.3) is 0 Å². The highest BCUT2D eigenvalue weighted by molar-refractivity contribution is 5.88. The van der Waals surface area contributed by atoms with E-state index in [4.69, 9.17) is 10.5 Å². The molecular weight excluding hydrogens is 230 g/mol. The van der Waals surface area contributed by atoms with Gasteiger partial charge in [0.1, 0.15) is 0 Å². The van der Waals surface area contributed by atoms with Crippen LogP contribution in [0, 0.1) is 5.92 Å². The standard InChI is InChI=1S/C13H19N3O2/c14-13(17)16-12-5-1-4-11(7-12)15-8-10-3-2-6-18-9-10/h1,4-5,7,10,15H,2-3,6,8-9H2,(H3,14,16,17). The molecule has 98 valence electrons. The Hall–Kier alpha value is -1.75. The number of benzene rings is 1. The molecule has 0 radical (unpaired) electrons. The van der Waals surface area contributed by atoms with Gasteiger partial charge in [0.2, 0.25) is 0 Å². The van der Waals surface area contributed by atoms with Crippen molar-refractivity contribution >= 4 is 17.4 Å². The molecule has 1 aliphatic rings. The van der Waals surface area contributed by atoms with E-state index in [-0.39, 0.29) is 0 Å². The lowest BCUT2D eigenvalue weighted by molar-refractivity contribution is 0.0595. The molecule has 1 saturated heterocycles. The predicted octanol–water partition coefficient (Wildman–Crippen LogP) is 2.02. The van der Waals surface area contributed by atoms with E-state index < -0.39 is 6.03 Å². The second-order valence-electron chi connectivity index (χ2n) is 4.53. The summed E-state index contributed by atoms with van der Waals surface area (Å²) in [5.74, 6) is 0.562. The quantitative estimate of drug-likeness (QED) is 0.764. The highest BCUT2D eigenvalue weighted by Crippen LogP contribution is 2.18. The minimum absolute atomic E-state index is 0.548. The molecule has 1 aromatic carbocycles. The maximum atomic E-state index is 10.8. The average molecular weight is 249 g/mol. The highest BCUT2D eigenvalue weighted by atomic mass is 16.5. The van der Waals surface area contributed by atoms with Crippen LogP contribution < -0.4 is 16.4 Å². The van der Waals surface area contributed by atoms with Gasteiger partial charge in [0, 0.05) is 24.5 Å². The number of rotatable bonds is 4. The van der Waals surface area contributed by atoms with Crippen LogP contribution in [0.2, 0.25) is 0 Å². The summed E-state index contributed by atoms with van der Waals surface area (Å²) in [6, 6.07) is 6.97. The molecule has 0 bridgehead atoms. The van der Waals surface area contributed by atoms with Gasteiger partial charge in [0.15, 0.2) is 0 Å². The van der Waals surface area contributed by atoms with Crippen LogP contribution >= 0.6 is 0 Å². The minimum atomic E-state index is -0.548. The Kier molecular flexibility index (Phi) is 4.41. The predicted molar refractivity (Wildman–Crippen MR) is 71.7 cm³/mol. The fourth-order valence-corrected chi connectivity index (χ4v) is 2.08. The van der Waals surface area contributed by atoms with E-state index in [1.807, 2.05) is 18.2 Å². The first-order chi connectivity index (χ1) is 8.74. The molecule has 0 aromatic heterocycles. The number of nitrogens with one attached hydrogen (secondary N) is 2. The van der Waals surface area contributed by atoms with Crippen molar-refractivity contribution in [1.29, 1.82) is 0 Å². The molecule has 1 heterocycles. The molecule has 1 aromatic rings. The lowest BCUT2D eigenvalue weighted by atomic mass is 10.0. The summed E-state index contributed by atoms with van der Waals surface area (Å²) < 4.78 is 5.43. The summed E-state index contributed by atoms with van der Waals surface area (Å²) in [6.45, 7) is 2.60. The lowest BCUT2D eigenvalue weighted by Crippen LogP contribution is -2.24. The Labute approximate surface area is 107 Å². The molecule has 0 aliphatic carbocycles. The van der Waals surface area contributed by atoms with Crippen molar-refractivity contribution in [3.8, 4) is 0 Å². The third kappa shape index (κ3) is 3.92. The van der Waals surface area contributed by atoms with Crippen LogP contribution in [0.4, 0.5) is 16.2 Å². The molecule has 2 amide bonds. The largest absolute Gasteiger partial charge is 0.385 e. The lowest BCUT2D eigenvalue weighted by Gasteiger charge is -2.22. The van der Waals surface area contributed by atoms with Gasteiger partial charge in [0.25, 0.3) is 0 Å². The van der Waals surface area contributed by atoms with Crippen molar-refractivity contribution in [1.82, 2.24) is 0 Å². The maximum Gasteiger partial charge on any atom is 0.316 e. The second kappa shape index (κ2) is 6.26. The number of amides is 2. The van der Waals surface area contributed by atoms with Crippen molar-refractivity contribution in [3.05, 3.63) is 24.3 Å². The monoisotopic (exact) mass is 249 g/mol. The number of anilines is 2. The number of hydrogen-bond acceptors (Lipinski definition) is 3. The van der Waals surface area contributed by atoms with Gasteiger partial charge in [-0.25, -0.2) is 4.79 Å². The molecule has 0 spiro atoms. The van der Waals surface area contributed by atoms with Crippen LogP contribution in [0.1, 0.15) is 12.8 Å². The van der Waals surface area contributed by atoms with Crippen LogP contribution in [0.5, 0.6) is 0 Å². The number of urea groups is 1. The van der Waals surface area contributed by atoms with E-state index in [0.717, 1.165) is 31.9 Å². The summed E-state index contributed by atoms with van der Waals surface area (Å²) in [5.41, 5.74) is 6.76. The topological polar surface area (TPSA) is 76.4 Å². The van der Waals surface area contributed by atoms with E-state index in [1.165, 1.54) is 6.42 Å². The summed E-state index contributed by atoms with van der Waals surface area (Å²) in [5, 5.41) is 5.91. The van der Waals surface area contributed by atoms with Crippen LogP contribution in [-0.2, 0) is 4.74 Å². The first kappa shape index (κ1) is 12.7. The Balaban J connectivity index is 1.86. The number of hydrogen-bond donors (Lipinski definition) is 3. The third-order valence-corrected chi connectivity index (χ3v) is 2.98. The second-order valence-corrected chi connectivity index (χ2v) is 4.53. The smallest absolute Gasteiger partial charge is 0.316 e. The third-order valence-electron chi connectivity index (χ3n) is 2.98. The van der Waals surface area contributed by atoms with E-state index in [1.54, 1.807) is 6.07 Å². The molecule has 5 nitrogen and oxygen atoms in total. The van der Waals surface area contributed by atoms with Gasteiger partial charge < -0.3 is 21.1 Å². The zero-order chi connectivity index (χ0) is 12.8. The van der Waals surface area contributed by atoms with Gasteiger partial charge in [-0.15, -0.1) is 0 Å². The first-order valence-corrected chi connectivity index (χ1v) is 6.22. The fourth-order valence-electron chi connectivity index (χ4n) is 2.08. The molecule has 18 heavy (non-hydrogen) atoms. The van der Waals surface area contributed by atoms with Crippen molar-refractivity contribution in [3.63, 3.8) is 0 Å². The van der Waals surface area contributed by atoms with Gasteiger partial charge >= 0.3 is 6.03 Å². The minimum Gasteiger partial charge on any atom is -0.385 e. The highest BCUT2D eigenvalue weighted by Gasteiger charge is 2.13. The summed E-state index contributed by atoms with van der Waals surface area (Å²) >= 11 is 0. The Morgan fingerprint density at radius 2 is 2.28 bits per heavy atom. The van der Waals surface area contributed by atoms with Crippen molar-refractivity contribution in [2.75, 3.05) is 30.4 Å². The van der Waals surface area contributed by atoms with Crippen molar-refractivity contribution in [2.45, 2.75) is 12.8 Å².